The third kappa shape index (κ3) is 2.10. The van der Waals surface area contributed by atoms with Crippen molar-refractivity contribution in [2.75, 3.05) is 14.2 Å². The molecule has 126 valence electrons. The van der Waals surface area contributed by atoms with Gasteiger partial charge in [-0.05, 0) is 5.56 Å². The van der Waals surface area contributed by atoms with Gasteiger partial charge in [0.1, 0.15) is 5.78 Å². The molecule has 0 saturated heterocycles. The molecule has 1 saturated carbocycles. The van der Waals surface area contributed by atoms with Gasteiger partial charge < -0.3 is 9.47 Å². The molecule has 0 spiro atoms. The van der Waals surface area contributed by atoms with Gasteiger partial charge in [-0.3, -0.25) is 24.5 Å². The normalized spacial score (nSPS) is 27.3. The molecule has 0 unspecified atom stereocenters. The first-order valence-electron chi connectivity index (χ1n) is 7.38. The predicted molar refractivity (Wildman–Crippen MR) is 79.2 cm³/mol. The van der Waals surface area contributed by atoms with Crippen molar-refractivity contribution in [3.05, 3.63) is 39.4 Å². The minimum atomic E-state index is -1.02. The van der Waals surface area contributed by atoms with Crippen LogP contribution in [0, 0.1) is 22.0 Å². The molecule has 0 heterocycles. The van der Waals surface area contributed by atoms with Crippen LogP contribution in [0.5, 0.6) is 0 Å². The fraction of sp³-hybridized carbons (Fsp3) is 0.438. The van der Waals surface area contributed by atoms with E-state index in [0.29, 0.717) is 11.1 Å². The number of esters is 2. The molecule has 1 aromatic rings. The Hall–Kier alpha value is -2.77. The number of hydrogen-bond acceptors (Lipinski definition) is 7. The molecule has 2 bridgehead atoms. The van der Waals surface area contributed by atoms with Gasteiger partial charge in [0.2, 0.25) is 0 Å². The summed E-state index contributed by atoms with van der Waals surface area (Å²) in [6, 6.07) is 4.42. The molecule has 0 amide bonds. The summed E-state index contributed by atoms with van der Waals surface area (Å²) >= 11 is 0. The Morgan fingerprint density at radius 2 is 1.79 bits per heavy atom. The van der Waals surface area contributed by atoms with E-state index in [9.17, 15) is 24.5 Å². The minimum Gasteiger partial charge on any atom is -0.469 e. The lowest BCUT2D eigenvalue weighted by Crippen LogP contribution is -2.50. The summed E-state index contributed by atoms with van der Waals surface area (Å²) in [5.74, 6) is -5.27. The lowest BCUT2D eigenvalue weighted by molar-refractivity contribution is -0.386. The number of carbonyl (C=O) groups excluding carboxylic acids is 3. The van der Waals surface area contributed by atoms with Gasteiger partial charge in [-0.1, -0.05) is 12.1 Å². The maximum atomic E-state index is 12.5. The molecule has 8 heteroatoms. The molecule has 1 fully saturated rings. The van der Waals surface area contributed by atoms with Gasteiger partial charge in [0.25, 0.3) is 5.69 Å². The highest BCUT2D eigenvalue weighted by Gasteiger charge is 2.59. The van der Waals surface area contributed by atoms with E-state index in [1.807, 2.05) is 0 Å². The minimum absolute atomic E-state index is 0.0320. The Kier molecular flexibility index (Phi) is 3.82. The lowest BCUT2D eigenvalue weighted by atomic mass is 9.55. The Morgan fingerprint density at radius 3 is 2.38 bits per heavy atom. The van der Waals surface area contributed by atoms with E-state index in [1.165, 1.54) is 26.4 Å². The molecule has 0 radical (unpaired) electrons. The standard InChI is InChI=1S/C16H15NO7/c1-23-15(19)13-8-6-10(18)12(14(13)16(20)24-2)7-4-3-5-9(11(7)8)17(21)22/h3-5,8,12-14H,6H2,1-2H3/t8-,12+,13-,14+/m1/s1. The smallest absolute Gasteiger partial charge is 0.310 e. The van der Waals surface area contributed by atoms with Crippen LogP contribution < -0.4 is 0 Å². The van der Waals surface area contributed by atoms with Crippen LogP contribution >= 0.6 is 0 Å². The summed E-state index contributed by atoms with van der Waals surface area (Å²) in [5, 5.41) is 11.4. The van der Waals surface area contributed by atoms with Crippen molar-refractivity contribution < 1.29 is 28.8 Å². The van der Waals surface area contributed by atoms with Crippen molar-refractivity contribution in [2.45, 2.75) is 18.3 Å². The van der Waals surface area contributed by atoms with Gasteiger partial charge in [0.15, 0.2) is 0 Å². The number of fused-ring (bicyclic) bond motifs is 2. The van der Waals surface area contributed by atoms with Crippen molar-refractivity contribution in [3.8, 4) is 0 Å². The number of ketones is 1. The fourth-order valence-electron chi connectivity index (χ4n) is 4.05. The van der Waals surface area contributed by atoms with Gasteiger partial charge in [-0.15, -0.1) is 0 Å². The van der Waals surface area contributed by atoms with E-state index in [2.05, 4.69) is 0 Å². The maximum Gasteiger partial charge on any atom is 0.310 e. The van der Waals surface area contributed by atoms with Crippen LogP contribution in [0.4, 0.5) is 5.69 Å². The van der Waals surface area contributed by atoms with E-state index >= 15 is 0 Å². The van der Waals surface area contributed by atoms with Gasteiger partial charge in [0.05, 0.1) is 36.9 Å². The fourth-order valence-corrected chi connectivity index (χ4v) is 4.05. The Labute approximate surface area is 136 Å². The van der Waals surface area contributed by atoms with Crippen molar-refractivity contribution in [3.63, 3.8) is 0 Å². The van der Waals surface area contributed by atoms with Gasteiger partial charge in [0, 0.05) is 24.0 Å². The first kappa shape index (κ1) is 16.1. The Balaban J connectivity index is 2.26. The van der Waals surface area contributed by atoms with E-state index < -0.39 is 40.5 Å². The molecule has 3 aliphatic carbocycles. The zero-order chi connectivity index (χ0) is 17.6. The molecule has 1 aromatic carbocycles. The topological polar surface area (TPSA) is 113 Å². The number of nitro groups is 1. The Morgan fingerprint density at radius 1 is 1.17 bits per heavy atom. The highest BCUT2D eigenvalue weighted by molar-refractivity contribution is 5.99. The largest absolute Gasteiger partial charge is 0.469 e. The summed E-state index contributed by atoms with van der Waals surface area (Å²) in [4.78, 5) is 47.8. The van der Waals surface area contributed by atoms with Gasteiger partial charge in [-0.25, -0.2) is 0 Å². The van der Waals surface area contributed by atoms with Crippen LogP contribution in [0.3, 0.4) is 0 Å². The van der Waals surface area contributed by atoms with Crippen molar-refractivity contribution in [1.82, 2.24) is 0 Å². The predicted octanol–water partition coefficient (Wildman–Crippen LogP) is 1.33. The molecule has 3 aliphatic rings. The molecule has 0 aliphatic heterocycles. The number of Topliss-reactive ketones (excluding diaryl/α,β-unsaturated/α-hetero) is 1. The highest BCUT2D eigenvalue weighted by Crippen LogP contribution is 2.56. The number of hydrogen-bond donors (Lipinski definition) is 0. The van der Waals surface area contributed by atoms with Crippen LogP contribution in [-0.2, 0) is 23.9 Å². The maximum absolute atomic E-state index is 12.5. The zero-order valence-corrected chi connectivity index (χ0v) is 13.1. The second kappa shape index (κ2) is 5.70. The molecular weight excluding hydrogens is 318 g/mol. The van der Waals surface area contributed by atoms with E-state index in [-0.39, 0.29) is 17.9 Å². The molecule has 4 rings (SSSR count). The molecular formula is C16H15NO7. The summed E-state index contributed by atoms with van der Waals surface area (Å²) < 4.78 is 9.57. The monoisotopic (exact) mass is 333 g/mol. The van der Waals surface area contributed by atoms with E-state index in [1.54, 1.807) is 6.07 Å². The average molecular weight is 333 g/mol. The number of methoxy groups -OCH3 is 2. The van der Waals surface area contributed by atoms with Crippen LogP contribution in [-0.4, -0.2) is 36.9 Å². The van der Waals surface area contributed by atoms with E-state index in [4.69, 9.17) is 9.47 Å². The molecule has 4 atom stereocenters. The van der Waals surface area contributed by atoms with Crippen LogP contribution in [0.2, 0.25) is 0 Å². The second-order valence-electron chi connectivity index (χ2n) is 5.89. The quantitative estimate of drug-likeness (QED) is 0.466. The number of nitro benzene ring substituents is 1. The van der Waals surface area contributed by atoms with Gasteiger partial charge >= 0.3 is 11.9 Å². The summed E-state index contributed by atoms with van der Waals surface area (Å²) in [6.07, 6.45) is -0.0320. The summed E-state index contributed by atoms with van der Waals surface area (Å²) in [7, 11) is 2.36. The number of ether oxygens (including phenoxy) is 2. The van der Waals surface area contributed by atoms with Crippen molar-refractivity contribution in [2.24, 2.45) is 11.8 Å². The van der Waals surface area contributed by atoms with Crippen LogP contribution in [0.1, 0.15) is 29.4 Å². The third-order valence-corrected chi connectivity index (χ3v) is 4.91. The number of nitrogens with zero attached hydrogens (tertiary/aromatic N) is 1. The first-order chi connectivity index (χ1) is 11.4. The third-order valence-electron chi connectivity index (χ3n) is 4.91. The highest BCUT2D eigenvalue weighted by atomic mass is 16.6. The van der Waals surface area contributed by atoms with Crippen LogP contribution in [0.15, 0.2) is 18.2 Å². The lowest BCUT2D eigenvalue weighted by Gasteiger charge is -2.45. The summed E-state index contributed by atoms with van der Waals surface area (Å²) in [5.41, 5.74) is 0.635. The number of benzene rings is 1. The molecule has 0 aromatic heterocycles. The first-order valence-corrected chi connectivity index (χ1v) is 7.38. The average Bonchev–Trinajstić information content (AvgIpc) is 2.59. The Bertz CT molecular complexity index is 757. The van der Waals surface area contributed by atoms with Crippen LogP contribution in [0.25, 0.3) is 0 Å². The molecule has 0 N–H and O–H groups in total. The molecule has 8 nitrogen and oxygen atoms in total. The molecule has 24 heavy (non-hydrogen) atoms. The second-order valence-corrected chi connectivity index (χ2v) is 5.89. The van der Waals surface area contributed by atoms with Gasteiger partial charge in [-0.2, -0.15) is 0 Å². The van der Waals surface area contributed by atoms with Crippen molar-refractivity contribution >= 4 is 23.4 Å². The zero-order valence-electron chi connectivity index (χ0n) is 13.1. The number of carbonyl (C=O) groups is 3. The summed E-state index contributed by atoms with van der Waals surface area (Å²) in [6.45, 7) is 0. The SMILES string of the molecule is COC(=O)[C@@H]1[C@H](C(=O)OC)[C@@H]2CC(=O)[C@@H]1c1cccc([N+](=O)[O-])c12. The van der Waals surface area contributed by atoms with E-state index in [0.717, 1.165) is 0 Å². The number of rotatable bonds is 3. The van der Waals surface area contributed by atoms with Crippen molar-refractivity contribution in [1.29, 1.82) is 0 Å².